The third kappa shape index (κ3) is 8.70. The molecule has 9 aromatic rings. The summed E-state index contributed by atoms with van der Waals surface area (Å²) in [5, 5.41) is 3.55. The number of aryl methyl sites for hydroxylation is 4. The number of hydrogen-bond acceptors (Lipinski definition) is 4. The zero-order valence-electron chi connectivity index (χ0n) is 33.9. The minimum atomic E-state index is -1.29. The molecular weight excluding hydrogens is 903 g/mol. The van der Waals surface area contributed by atoms with Crippen molar-refractivity contribution in [2.75, 3.05) is 0 Å². The number of furan rings is 1. The molecule has 4 aromatic heterocycles. The van der Waals surface area contributed by atoms with Crippen LogP contribution in [-0.4, -0.2) is 23.0 Å². The number of benzene rings is 5. The van der Waals surface area contributed by atoms with E-state index in [-0.39, 0.29) is 20.1 Å². The average Bonchev–Trinajstić information content (AvgIpc) is 3.58. The van der Waals surface area contributed by atoms with Crippen LogP contribution in [0.5, 0.6) is 0 Å². The Morgan fingerprint density at radius 1 is 0.500 bits per heavy atom. The Bertz CT molecular complexity index is 2840. The molecule has 0 aliphatic heterocycles. The van der Waals surface area contributed by atoms with Gasteiger partial charge in [-0.1, -0.05) is 134 Å². The summed E-state index contributed by atoms with van der Waals surface area (Å²) in [7, 11) is -1.29. The van der Waals surface area contributed by atoms with Crippen LogP contribution in [0.25, 0.3) is 77.8 Å². The molecule has 58 heavy (non-hydrogen) atoms. The van der Waals surface area contributed by atoms with Gasteiger partial charge in [0.05, 0.1) is 13.7 Å². The molecule has 0 N–H and O–H groups in total. The van der Waals surface area contributed by atoms with Crippen LogP contribution in [0, 0.1) is 39.8 Å². The Hall–Kier alpha value is -5.78. The van der Waals surface area contributed by atoms with E-state index >= 15 is 0 Å². The molecular formula is C52H45IrN3OSi-2. The molecule has 4 heterocycles. The van der Waals surface area contributed by atoms with Crippen LogP contribution in [0.15, 0.2) is 150 Å². The quantitative estimate of drug-likeness (QED) is 0.123. The van der Waals surface area contributed by atoms with E-state index < -0.39 is 8.07 Å². The molecule has 0 saturated carbocycles. The molecule has 0 aliphatic carbocycles. The van der Waals surface area contributed by atoms with Crippen molar-refractivity contribution in [1.82, 2.24) is 15.0 Å². The largest absolute Gasteiger partial charge is 0.500 e. The second-order valence-electron chi connectivity index (χ2n) is 15.8. The topological polar surface area (TPSA) is 51.8 Å². The van der Waals surface area contributed by atoms with Gasteiger partial charge in [0.15, 0.2) is 0 Å². The first kappa shape index (κ1) is 40.4. The standard InChI is InChI=1S/C31H23N2O.C21H22NSi.Ir/c1-19-13-29(32-18-28(19)22-7-5-4-6-8-22)24-10-12-30-27(16-24)26-11-9-23(17-31(26)34-30)25-14-20(2)33-21(3)15-25;1-16-14-18(10-12-20(16)17-8-6-5-7-9-17)21-13-11-19(15-22-21)23(2,3)4;/h4-9,11-18H,1-3H3;5-9,11-15H,1-4H3;/q2*-1;. The molecule has 0 unspecified atom stereocenters. The zero-order chi connectivity index (χ0) is 39.7. The third-order valence-corrected chi connectivity index (χ3v) is 12.5. The molecule has 0 aliphatic rings. The van der Waals surface area contributed by atoms with Crippen LogP contribution in [0.4, 0.5) is 0 Å². The van der Waals surface area contributed by atoms with Gasteiger partial charge < -0.3 is 14.4 Å². The van der Waals surface area contributed by atoms with Crippen molar-refractivity contribution in [3.63, 3.8) is 0 Å². The van der Waals surface area contributed by atoms with Crippen LogP contribution in [0.3, 0.4) is 0 Å². The van der Waals surface area contributed by atoms with Crippen LogP contribution < -0.4 is 5.19 Å². The summed E-state index contributed by atoms with van der Waals surface area (Å²) < 4.78 is 6.20. The van der Waals surface area contributed by atoms with E-state index in [0.29, 0.717) is 0 Å². The van der Waals surface area contributed by atoms with Gasteiger partial charge in [-0.25, -0.2) is 0 Å². The van der Waals surface area contributed by atoms with Crippen molar-refractivity contribution in [2.24, 2.45) is 0 Å². The first-order chi connectivity index (χ1) is 27.5. The Morgan fingerprint density at radius 2 is 1.12 bits per heavy atom. The van der Waals surface area contributed by atoms with Gasteiger partial charge in [-0.05, 0) is 77.8 Å². The summed E-state index contributed by atoms with van der Waals surface area (Å²) >= 11 is 0. The molecule has 0 spiro atoms. The van der Waals surface area contributed by atoms with Gasteiger partial charge in [-0.2, -0.15) is 0 Å². The maximum atomic E-state index is 6.20. The monoisotopic (exact) mass is 948 g/mol. The van der Waals surface area contributed by atoms with Gasteiger partial charge >= 0.3 is 0 Å². The van der Waals surface area contributed by atoms with E-state index in [0.717, 1.165) is 72.5 Å². The smallest absolute Gasteiger partial charge is 0.121 e. The van der Waals surface area contributed by atoms with E-state index in [4.69, 9.17) is 9.40 Å². The van der Waals surface area contributed by atoms with Crippen molar-refractivity contribution < 1.29 is 24.5 Å². The summed E-state index contributed by atoms with van der Waals surface area (Å²) in [5.74, 6) is 0. The van der Waals surface area contributed by atoms with Crippen LogP contribution in [0.2, 0.25) is 19.6 Å². The summed E-state index contributed by atoms with van der Waals surface area (Å²) in [6, 6.07) is 53.0. The van der Waals surface area contributed by atoms with Crippen molar-refractivity contribution in [1.29, 1.82) is 0 Å². The van der Waals surface area contributed by atoms with E-state index in [1.54, 1.807) is 0 Å². The van der Waals surface area contributed by atoms with E-state index in [1.807, 2.05) is 44.4 Å². The zero-order valence-corrected chi connectivity index (χ0v) is 37.3. The number of hydrogen-bond donors (Lipinski definition) is 0. The minimum absolute atomic E-state index is 0. The molecule has 289 valence electrons. The molecule has 0 fully saturated rings. The van der Waals surface area contributed by atoms with Crippen molar-refractivity contribution in [3.05, 3.63) is 181 Å². The maximum absolute atomic E-state index is 6.20. The number of aromatic nitrogens is 3. The number of fused-ring (bicyclic) bond motifs is 3. The molecule has 1 radical (unpaired) electrons. The fraction of sp³-hybridized carbons (Fsp3) is 0.135. The molecule has 0 amide bonds. The van der Waals surface area contributed by atoms with E-state index in [1.165, 1.54) is 33.0 Å². The van der Waals surface area contributed by atoms with Gasteiger partial charge in [-0.3, -0.25) is 4.98 Å². The summed E-state index contributed by atoms with van der Waals surface area (Å²) in [4.78, 5) is 13.9. The number of pyridine rings is 3. The predicted molar refractivity (Wildman–Crippen MR) is 240 cm³/mol. The van der Waals surface area contributed by atoms with Gasteiger partial charge in [0.2, 0.25) is 0 Å². The number of nitrogens with zero attached hydrogens (tertiary/aromatic N) is 3. The van der Waals surface area contributed by atoms with Gasteiger partial charge in [0.25, 0.3) is 0 Å². The maximum Gasteiger partial charge on any atom is 0.121 e. The fourth-order valence-corrected chi connectivity index (χ4v) is 8.38. The van der Waals surface area contributed by atoms with Crippen molar-refractivity contribution in [3.8, 4) is 55.9 Å². The molecule has 0 bridgehead atoms. The van der Waals surface area contributed by atoms with Crippen molar-refractivity contribution >= 4 is 35.2 Å². The SMILES string of the molecule is Cc1cc(-c2ccc([Si](C)(C)C)cn2)[c-]cc1-c1ccccc1.Cc1cc(-c2ccc3c(c2)oc2c[c-]c(-c4cc(C)c(-c5ccccc5)cn4)cc23)cc(C)n1.[Ir]. The molecule has 6 heteroatoms. The molecule has 0 atom stereocenters. The number of rotatable bonds is 6. The Kier molecular flexibility index (Phi) is 11.8. The second kappa shape index (κ2) is 17.0. The van der Waals surface area contributed by atoms with Gasteiger partial charge in [0.1, 0.15) is 5.58 Å². The van der Waals surface area contributed by atoms with Crippen LogP contribution in [-0.2, 0) is 20.1 Å². The molecule has 5 aromatic carbocycles. The van der Waals surface area contributed by atoms with E-state index in [9.17, 15) is 0 Å². The Balaban J connectivity index is 0.000000187. The Morgan fingerprint density at radius 3 is 1.74 bits per heavy atom. The summed E-state index contributed by atoms with van der Waals surface area (Å²) in [6.45, 7) is 15.3. The van der Waals surface area contributed by atoms with Gasteiger partial charge in [0, 0.05) is 54.8 Å². The van der Waals surface area contributed by atoms with Gasteiger partial charge in [-0.15, -0.1) is 53.1 Å². The average molecular weight is 948 g/mol. The summed E-state index contributed by atoms with van der Waals surface area (Å²) in [5.41, 5.74) is 17.1. The Labute approximate surface area is 356 Å². The predicted octanol–water partition coefficient (Wildman–Crippen LogP) is 13.2. The fourth-order valence-electron chi connectivity index (χ4n) is 7.35. The molecule has 9 rings (SSSR count). The molecule has 0 saturated heterocycles. The minimum Gasteiger partial charge on any atom is -0.500 e. The van der Waals surface area contributed by atoms with Crippen molar-refractivity contribution in [2.45, 2.75) is 47.3 Å². The van der Waals surface area contributed by atoms with E-state index in [2.05, 4.69) is 171 Å². The normalized spacial score (nSPS) is 11.2. The first-order valence-electron chi connectivity index (χ1n) is 19.4. The molecule has 4 nitrogen and oxygen atoms in total. The second-order valence-corrected chi connectivity index (χ2v) is 20.9. The van der Waals surface area contributed by atoms with Crippen LogP contribution in [0.1, 0.15) is 22.5 Å². The third-order valence-electron chi connectivity index (χ3n) is 10.4. The summed E-state index contributed by atoms with van der Waals surface area (Å²) in [6.07, 6.45) is 3.99. The first-order valence-corrected chi connectivity index (χ1v) is 22.9. The van der Waals surface area contributed by atoms with Crippen LogP contribution >= 0.6 is 0 Å².